The van der Waals surface area contributed by atoms with E-state index in [9.17, 15) is 0 Å². The molecule has 0 bridgehead atoms. The van der Waals surface area contributed by atoms with Crippen LogP contribution >= 0.6 is 11.3 Å². The molecular weight excluding hydrogens is 228 g/mol. The molecule has 0 amide bonds. The van der Waals surface area contributed by atoms with Gasteiger partial charge in [0.25, 0.3) is 0 Å². The van der Waals surface area contributed by atoms with E-state index in [0.29, 0.717) is 6.54 Å². The number of fused-ring (bicyclic) bond motifs is 1. The van der Waals surface area contributed by atoms with E-state index < -0.39 is 0 Å². The number of rotatable bonds is 3. The fourth-order valence-corrected chi connectivity index (χ4v) is 2.77. The summed E-state index contributed by atoms with van der Waals surface area (Å²) in [5.74, 6) is 0. The molecule has 1 aromatic carbocycles. The van der Waals surface area contributed by atoms with Gasteiger partial charge in [0.15, 0.2) is 0 Å². The Hall–Kier alpha value is -1.58. The molecule has 3 rings (SSSR count). The molecule has 0 aliphatic heterocycles. The summed E-state index contributed by atoms with van der Waals surface area (Å²) in [5, 5.41) is 3.39. The first kappa shape index (κ1) is 10.6. The van der Waals surface area contributed by atoms with Crippen molar-refractivity contribution in [3.63, 3.8) is 0 Å². The Kier molecular flexibility index (Phi) is 2.71. The number of benzene rings is 1. The third kappa shape index (κ3) is 1.99. The first-order valence-electron chi connectivity index (χ1n) is 5.67. The van der Waals surface area contributed by atoms with Crippen molar-refractivity contribution >= 4 is 22.2 Å². The molecule has 2 heterocycles. The SMILES string of the molecule is NCc1ccc2ccn(Cc3cccs3)c2c1. The van der Waals surface area contributed by atoms with Crippen LogP contribution in [-0.4, -0.2) is 4.57 Å². The van der Waals surface area contributed by atoms with Crippen molar-refractivity contribution in [2.45, 2.75) is 13.1 Å². The highest BCUT2D eigenvalue weighted by molar-refractivity contribution is 7.09. The van der Waals surface area contributed by atoms with Crippen LogP contribution in [-0.2, 0) is 13.1 Å². The van der Waals surface area contributed by atoms with Crippen molar-refractivity contribution in [2.75, 3.05) is 0 Å². The second kappa shape index (κ2) is 4.35. The lowest BCUT2D eigenvalue weighted by Gasteiger charge is -2.04. The van der Waals surface area contributed by atoms with E-state index in [1.807, 2.05) is 0 Å². The molecule has 0 spiro atoms. The van der Waals surface area contributed by atoms with E-state index in [-0.39, 0.29) is 0 Å². The highest BCUT2D eigenvalue weighted by Crippen LogP contribution is 2.20. The van der Waals surface area contributed by atoms with Crippen LogP contribution in [0.3, 0.4) is 0 Å². The summed E-state index contributed by atoms with van der Waals surface area (Å²) in [7, 11) is 0. The average Bonchev–Trinajstić information content (AvgIpc) is 2.99. The first-order valence-corrected chi connectivity index (χ1v) is 6.55. The van der Waals surface area contributed by atoms with E-state index in [4.69, 9.17) is 5.73 Å². The topological polar surface area (TPSA) is 30.9 Å². The maximum Gasteiger partial charge on any atom is 0.0569 e. The summed E-state index contributed by atoms with van der Waals surface area (Å²) in [5.41, 5.74) is 8.14. The van der Waals surface area contributed by atoms with Crippen molar-refractivity contribution < 1.29 is 0 Å². The molecule has 86 valence electrons. The first-order chi connectivity index (χ1) is 8.36. The monoisotopic (exact) mass is 242 g/mol. The van der Waals surface area contributed by atoms with Gasteiger partial charge < -0.3 is 10.3 Å². The van der Waals surface area contributed by atoms with Crippen LogP contribution < -0.4 is 5.73 Å². The summed E-state index contributed by atoms with van der Waals surface area (Å²) < 4.78 is 2.28. The number of nitrogens with two attached hydrogens (primary N) is 1. The maximum atomic E-state index is 5.69. The largest absolute Gasteiger partial charge is 0.342 e. The van der Waals surface area contributed by atoms with Crippen LogP contribution in [0.4, 0.5) is 0 Å². The van der Waals surface area contributed by atoms with Gasteiger partial charge in [-0.05, 0) is 34.5 Å². The van der Waals surface area contributed by atoms with Gasteiger partial charge in [0, 0.05) is 23.1 Å². The number of thiophene rings is 1. The summed E-state index contributed by atoms with van der Waals surface area (Å²) in [6.07, 6.45) is 2.14. The van der Waals surface area contributed by atoms with E-state index in [0.717, 1.165) is 6.54 Å². The number of hydrogen-bond donors (Lipinski definition) is 1. The minimum Gasteiger partial charge on any atom is -0.342 e. The quantitative estimate of drug-likeness (QED) is 0.751. The van der Waals surface area contributed by atoms with Crippen molar-refractivity contribution in [2.24, 2.45) is 5.73 Å². The number of hydrogen-bond acceptors (Lipinski definition) is 2. The van der Waals surface area contributed by atoms with Crippen molar-refractivity contribution in [3.8, 4) is 0 Å². The third-order valence-electron chi connectivity index (χ3n) is 2.98. The lowest BCUT2D eigenvalue weighted by atomic mass is 10.1. The summed E-state index contributed by atoms with van der Waals surface area (Å²) in [4.78, 5) is 1.38. The molecule has 3 aromatic rings. The Morgan fingerprint density at radius 3 is 2.88 bits per heavy atom. The third-order valence-corrected chi connectivity index (χ3v) is 3.84. The van der Waals surface area contributed by atoms with Crippen LogP contribution in [0, 0.1) is 0 Å². The Balaban J connectivity index is 2.04. The van der Waals surface area contributed by atoms with Crippen LogP contribution in [0.1, 0.15) is 10.4 Å². The van der Waals surface area contributed by atoms with Gasteiger partial charge in [-0.3, -0.25) is 0 Å². The Labute approximate surface area is 104 Å². The molecule has 0 unspecified atom stereocenters. The number of aromatic nitrogens is 1. The molecule has 0 radical (unpaired) electrons. The normalized spacial score (nSPS) is 11.1. The van der Waals surface area contributed by atoms with Crippen LogP contribution in [0.15, 0.2) is 48.0 Å². The molecule has 3 heteroatoms. The molecule has 0 aliphatic carbocycles. The van der Waals surface area contributed by atoms with E-state index in [1.54, 1.807) is 11.3 Å². The van der Waals surface area contributed by atoms with Crippen LogP contribution in [0.5, 0.6) is 0 Å². The Bertz CT molecular complexity index is 623. The number of nitrogens with zero attached hydrogens (tertiary/aromatic N) is 1. The molecule has 0 aliphatic rings. The van der Waals surface area contributed by atoms with Gasteiger partial charge >= 0.3 is 0 Å². The van der Waals surface area contributed by atoms with Crippen molar-refractivity contribution in [1.82, 2.24) is 4.57 Å². The second-order valence-electron chi connectivity index (χ2n) is 4.12. The lowest BCUT2D eigenvalue weighted by molar-refractivity contribution is 0.850. The van der Waals surface area contributed by atoms with Gasteiger partial charge in [-0.15, -0.1) is 11.3 Å². The minimum atomic E-state index is 0.597. The molecule has 0 fully saturated rings. The van der Waals surface area contributed by atoms with Gasteiger partial charge in [-0.25, -0.2) is 0 Å². The van der Waals surface area contributed by atoms with Crippen molar-refractivity contribution in [3.05, 3.63) is 58.4 Å². The molecule has 0 saturated heterocycles. The van der Waals surface area contributed by atoms with Crippen LogP contribution in [0.2, 0.25) is 0 Å². The van der Waals surface area contributed by atoms with Gasteiger partial charge in [0.05, 0.1) is 6.54 Å². The van der Waals surface area contributed by atoms with Gasteiger partial charge in [0.1, 0.15) is 0 Å². The molecule has 0 saturated carbocycles. The smallest absolute Gasteiger partial charge is 0.0569 e. The maximum absolute atomic E-state index is 5.69. The highest BCUT2D eigenvalue weighted by atomic mass is 32.1. The minimum absolute atomic E-state index is 0.597. The van der Waals surface area contributed by atoms with E-state index >= 15 is 0 Å². The molecule has 2 aromatic heterocycles. The average molecular weight is 242 g/mol. The second-order valence-corrected chi connectivity index (χ2v) is 5.15. The summed E-state index contributed by atoms with van der Waals surface area (Å²) >= 11 is 1.79. The fourth-order valence-electron chi connectivity index (χ4n) is 2.06. The summed E-state index contributed by atoms with van der Waals surface area (Å²) in [6, 6.07) is 12.8. The van der Waals surface area contributed by atoms with Gasteiger partial charge in [-0.2, -0.15) is 0 Å². The molecule has 0 atom stereocenters. The fraction of sp³-hybridized carbons (Fsp3) is 0.143. The Morgan fingerprint density at radius 2 is 2.12 bits per heavy atom. The Morgan fingerprint density at radius 1 is 1.18 bits per heavy atom. The summed E-state index contributed by atoms with van der Waals surface area (Å²) in [6.45, 7) is 1.54. The van der Waals surface area contributed by atoms with Gasteiger partial charge in [0.2, 0.25) is 0 Å². The standard InChI is InChI=1S/C14H14N2S/c15-9-11-3-4-12-5-6-16(14(12)8-11)10-13-2-1-7-17-13/h1-8H,9-10,15H2. The molecule has 17 heavy (non-hydrogen) atoms. The van der Waals surface area contributed by atoms with Crippen molar-refractivity contribution in [1.29, 1.82) is 0 Å². The predicted octanol–water partition coefficient (Wildman–Crippen LogP) is 3.21. The molecule has 2 N–H and O–H groups in total. The van der Waals surface area contributed by atoms with Gasteiger partial charge in [-0.1, -0.05) is 18.2 Å². The van der Waals surface area contributed by atoms with E-state index in [2.05, 4.69) is 52.5 Å². The molecule has 2 nitrogen and oxygen atoms in total. The van der Waals surface area contributed by atoms with E-state index in [1.165, 1.54) is 21.3 Å². The predicted molar refractivity (Wildman–Crippen MR) is 73.3 cm³/mol. The zero-order valence-electron chi connectivity index (χ0n) is 9.47. The lowest BCUT2D eigenvalue weighted by Crippen LogP contribution is -1.98. The van der Waals surface area contributed by atoms with Crippen LogP contribution in [0.25, 0.3) is 10.9 Å². The highest BCUT2D eigenvalue weighted by Gasteiger charge is 2.03. The molecular formula is C14H14N2S. The zero-order chi connectivity index (χ0) is 11.7. The zero-order valence-corrected chi connectivity index (χ0v) is 10.3.